The molecule has 15 heavy (non-hydrogen) atoms. The number of hydrogen-bond acceptors (Lipinski definition) is 3. The zero-order valence-electron chi connectivity index (χ0n) is 10.1. The Balaban J connectivity index is 0.000000265. The van der Waals surface area contributed by atoms with Gasteiger partial charge in [-0.2, -0.15) is 0 Å². The molecule has 0 radical (unpaired) electrons. The quantitative estimate of drug-likeness (QED) is 0.740. The summed E-state index contributed by atoms with van der Waals surface area (Å²) in [4.78, 5) is 0. The van der Waals surface area contributed by atoms with Gasteiger partial charge in [0.25, 0.3) is 0 Å². The monoisotopic (exact) mass is 228 g/mol. The summed E-state index contributed by atoms with van der Waals surface area (Å²) in [7, 11) is 3.05. The van der Waals surface area contributed by atoms with Crippen molar-refractivity contribution in [2.45, 2.75) is 13.8 Å². The summed E-state index contributed by atoms with van der Waals surface area (Å²) in [6, 6.07) is 8.48. The lowest BCUT2D eigenvalue weighted by Gasteiger charge is -2.05. The predicted octanol–water partition coefficient (Wildman–Crippen LogP) is 1.95. The van der Waals surface area contributed by atoms with Gasteiger partial charge in [0.1, 0.15) is 0 Å². The molecule has 0 fully saturated rings. The van der Waals surface area contributed by atoms with Crippen molar-refractivity contribution in [3.05, 3.63) is 35.4 Å². The average molecular weight is 228 g/mol. The first-order chi connectivity index (χ1) is 7.13. The van der Waals surface area contributed by atoms with Crippen molar-refractivity contribution in [2.75, 3.05) is 21.3 Å². The summed E-state index contributed by atoms with van der Waals surface area (Å²) in [5, 5.41) is 0. The normalized spacial score (nSPS) is 9.73. The van der Waals surface area contributed by atoms with Crippen molar-refractivity contribution in [1.29, 1.82) is 0 Å². The van der Waals surface area contributed by atoms with Gasteiger partial charge in [-0.25, -0.2) is 0 Å². The van der Waals surface area contributed by atoms with Crippen molar-refractivity contribution in [1.82, 2.24) is 0 Å². The molecule has 1 rings (SSSR count). The zero-order valence-corrected chi connectivity index (χ0v) is 11.3. The lowest BCUT2D eigenvalue weighted by Crippen LogP contribution is -2.21. The predicted molar refractivity (Wildman–Crippen MR) is 64.1 cm³/mol. The molecule has 4 heteroatoms. The summed E-state index contributed by atoms with van der Waals surface area (Å²) in [5.74, 6) is 0. The molecule has 3 nitrogen and oxygen atoms in total. The highest BCUT2D eigenvalue weighted by atomic mass is 28.3. The van der Waals surface area contributed by atoms with E-state index in [4.69, 9.17) is 13.3 Å². The third kappa shape index (κ3) is 7.27. The second-order valence-electron chi connectivity index (χ2n) is 3.15. The van der Waals surface area contributed by atoms with E-state index in [2.05, 4.69) is 38.1 Å². The van der Waals surface area contributed by atoms with E-state index in [1.54, 1.807) is 21.3 Å². The number of hydrogen-bond donors (Lipinski definition) is 0. The molecule has 0 aliphatic rings. The lowest BCUT2D eigenvalue weighted by molar-refractivity contribution is 0.163. The minimum absolute atomic E-state index is 1.33. The fourth-order valence-electron chi connectivity index (χ4n) is 0.926. The molecule has 0 heterocycles. The first-order valence-electron chi connectivity index (χ1n) is 4.75. The molecule has 0 aliphatic carbocycles. The SMILES string of the molecule is CO[SiH](OC)OC.Cc1ccc(C)cc1. The van der Waals surface area contributed by atoms with E-state index in [1.807, 2.05) is 0 Å². The molecule has 0 bridgehead atoms. The van der Waals surface area contributed by atoms with Crippen molar-refractivity contribution in [2.24, 2.45) is 0 Å². The molecule has 0 saturated heterocycles. The van der Waals surface area contributed by atoms with E-state index in [0.29, 0.717) is 0 Å². The molecule has 1 aromatic rings. The van der Waals surface area contributed by atoms with Gasteiger partial charge in [-0.15, -0.1) is 0 Å². The molecular weight excluding hydrogens is 208 g/mol. The largest absolute Gasteiger partial charge is 0.483 e. The van der Waals surface area contributed by atoms with Gasteiger partial charge in [-0.05, 0) is 13.8 Å². The van der Waals surface area contributed by atoms with Crippen LogP contribution in [0.3, 0.4) is 0 Å². The molecule has 0 N–H and O–H groups in total. The van der Waals surface area contributed by atoms with Crippen LogP contribution in [0, 0.1) is 13.8 Å². The summed E-state index contributed by atoms with van der Waals surface area (Å²) in [6.07, 6.45) is 0. The van der Waals surface area contributed by atoms with Gasteiger partial charge in [-0.1, -0.05) is 35.4 Å². The van der Waals surface area contributed by atoms with Crippen LogP contribution < -0.4 is 0 Å². The Morgan fingerprint density at radius 1 is 0.733 bits per heavy atom. The summed E-state index contributed by atoms with van der Waals surface area (Å²) in [6.45, 7) is 4.19. The second kappa shape index (κ2) is 8.61. The summed E-state index contributed by atoms with van der Waals surface area (Å²) >= 11 is 0. The van der Waals surface area contributed by atoms with Crippen LogP contribution in [0.1, 0.15) is 11.1 Å². The van der Waals surface area contributed by atoms with Crippen molar-refractivity contribution < 1.29 is 13.3 Å². The van der Waals surface area contributed by atoms with Crippen LogP contribution in [0.15, 0.2) is 24.3 Å². The van der Waals surface area contributed by atoms with Crippen molar-refractivity contribution >= 4 is 9.53 Å². The summed E-state index contributed by atoms with van der Waals surface area (Å²) in [5.41, 5.74) is 2.66. The topological polar surface area (TPSA) is 27.7 Å². The second-order valence-corrected chi connectivity index (χ2v) is 5.14. The van der Waals surface area contributed by atoms with Crippen LogP contribution in [-0.4, -0.2) is 30.9 Å². The van der Waals surface area contributed by atoms with E-state index in [1.165, 1.54) is 11.1 Å². The first kappa shape index (κ1) is 14.3. The van der Waals surface area contributed by atoms with Crippen molar-refractivity contribution in [3.8, 4) is 0 Å². The Morgan fingerprint density at radius 2 is 1.00 bits per heavy atom. The Hall–Kier alpha value is -0.683. The standard InChI is InChI=1S/C8H10.C3H10O3Si/c1-7-3-5-8(2)6-4-7;1-4-7(5-2)6-3/h3-6H,1-2H3;7H,1-3H3. The van der Waals surface area contributed by atoms with E-state index in [9.17, 15) is 0 Å². The van der Waals surface area contributed by atoms with E-state index < -0.39 is 9.53 Å². The van der Waals surface area contributed by atoms with Crippen LogP contribution in [0.5, 0.6) is 0 Å². The van der Waals surface area contributed by atoms with Crippen LogP contribution in [0.25, 0.3) is 0 Å². The molecule has 0 unspecified atom stereocenters. The maximum Gasteiger partial charge on any atom is 0.483 e. The number of aryl methyl sites for hydroxylation is 2. The van der Waals surface area contributed by atoms with Gasteiger partial charge in [-0.3, -0.25) is 0 Å². The van der Waals surface area contributed by atoms with Gasteiger partial charge in [0.15, 0.2) is 0 Å². The Kier molecular flexibility index (Phi) is 8.22. The number of rotatable bonds is 3. The highest BCUT2D eigenvalue weighted by molar-refractivity contribution is 6.36. The average Bonchev–Trinajstić information content (AvgIpc) is 2.26. The third-order valence-corrected chi connectivity index (χ3v) is 2.95. The van der Waals surface area contributed by atoms with Crippen LogP contribution in [0.2, 0.25) is 0 Å². The molecule has 0 aromatic heterocycles. The molecular formula is C11H20O3Si. The molecule has 1 aromatic carbocycles. The molecule has 86 valence electrons. The van der Waals surface area contributed by atoms with Crippen LogP contribution in [-0.2, 0) is 13.3 Å². The van der Waals surface area contributed by atoms with Gasteiger partial charge < -0.3 is 13.3 Å². The first-order valence-corrected chi connectivity index (χ1v) is 6.17. The molecule has 0 amide bonds. The zero-order chi connectivity index (χ0) is 11.7. The van der Waals surface area contributed by atoms with Crippen LogP contribution in [0.4, 0.5) is 0 Å². The highest BCUT2D eigenvalue weighted by Crippen LogP contribution is 1.99. The highest BCUT2D eigenvalue weighted by Gasteiger charge is 2.04. The van der Waals surface area contributed by atoms with Gasteiger partial charge in [0.05, 0.1) is 0 Å². The Bertz CT molecular complexity index is 218. The molecule has 0 saturated carbocycles. The Morgan fingerprint density at radius 3 is 1.13 bits per heavy atom. The van der Waals surface area contributed by atoms with Gasteiger partial charge in [0, 0.05) is 21.3 Å². The fourth-order valence-corrected chi connectivity index (χ4v) is 1.50. The molecule has 0 aliphatic heterocycles. The minimum Gasteiger partial charge on any atom is -0.379 e. The van der Waals surface area contributed by atoms with E-state index in [-0.39, 0.29) is 0 Å². The minimum atomic E-state index is -1.67. The van der Waals surface area contributed by atoms with E-state index in [0.717, 1.165) is 0 Å². The maximum absolute atomic E-state index is 4.74. The third-order valence-electron chi connectivity index (χ3n) is 1.80. The summed E-state index contributed by atoms with van der Waals surface area (Å²) < 4.78 is 14.2. The fraction of sp³-hybridized carbons (Fsp3) is 0.455. The maximum atomic E-state index is 4.74. The van der Waals surface area contributed by atoms with Crippen molar-refractivity contribution in [3.63, 3.8) is 0 Å². The smallest absolute Gasteiger partial charge is 0.379 e. The van der Waals surface area contributed by atoms with Gasteiger partial charge >= 0.3 is 9.53 Å². The molecule has 0 atom stereocenters. The van der Waals surface area contributed by atoms with Crippen LogP contribution >= 0.6 is 0 Å². The number of benzene rings is 1. The Labute approximate surface area is 94.0 Å². The van der Waals surface area contributed by atoms with E-state index >= 15 is 0 Å². The lowest BCUT2D eigenvalue weighted by atomic mass is 10.2. The molecule has 0 spiro atoms. The van der Waals surface area contributed by atoms with Gasteiger partial charge in [0.2, 0.25) is 0 Å².